The van der Waals surface area contributed by atoms with Crippen molar-refractivity contribution in [2.24, 2.45) is 0 Å². The maximum absolute atomic E-state index is 5.96. The molecule has 2 fully saturated rings. The van der Waals surface area contributed by atoms with E-state index in [1.807, 2.05) is 6.20 Å². The fourth-order valence-electron chi connectivity index (χ4n) is 3.53. The quantitative estimate of drug-likeness (QED) is 0.904. The topological polar surface area (TPSA) is 37.4 Å². The van der Waals surface area contributed by atoms with Crippen molar-refractivity contribution >= 4 is 5.82 Å². The molecule has 4 nitrogen and oxygen atoms in total. The summed E-state index contributed by atoms with van der Waals surface area (Å²) in [5.74, 6) is 1.00. The normalized spacial score (nSPS) is 26.3. The molecule has 1 aliphatic heterocycles. The highest BCUT2D eigenvalue weighted by molar-refractivity contribution is 5.37. The molecule has 1 aromatic rings. The first kappa shape index (κ1) is 14.8. The van der Waals surface area contributed by atoms with Gasteiger partial charge < -0.3 is 10.1 Å². The second kappa shape index (κ2) is 7.23. The molecule has 0 amide bonds. The number of hydrogen-bond donors (Lipinski definition) is 1. The van der Waals surface area contributed by atoms with E-state index < -0.39 is 0 Å². The number of rotatable bonds is 5. The number of fused-ring (bicyclic) bond motifs is 1. The average Bonchev–Trinajstić information content (AvgIpc) is 2.54. The van der Waals surface area contributed by atoms with Gasteiger partial charge in [0, 0.05) is 31.9 Å². The van der Waals surface area contributed by atoms with E-state index in [4.69, 9.17) is 4.74 Å². The second-order valence-electron chi connectivity index (χ2n) is 6.21. The van der Waals surface area contributed by atoms with E-state index in [0.29, 0.717) is 12.1 Å². The van der Waals surface area contributed by atoms with Gasteiger partial charge >= 0.3 is 0 Å². The third-order valence-corrected chi connectivity index (χ3v) is 4.61. The van der Waals surface area contributed by atoms with Crippen LogP contribution >= 0.6 is 0 Å². The van der Waals surface area contributed by atoms with E-state index in [9.17, 15) is 0 Å². The lowest BCUT2D eigenvalue weighted by Crippen LogP contribution is -2.52. The lowest BCUT2D eigenvalue weighted by molar-refractivity contribution is -0.0911. The molecule has 0 radical (unpaired) electrons. The Balaban J connectivity index is 1.64. The fraction of sp³-hybridized carbons (Fsp3) is 0.706. The number of nitrogens with one attached hydrogen (secondary N) is 1. The van der Waals surface area contributed by atoms with Gasteiger partial charge in [-0.3, -0.25) is 4.90 Å². The van der Waals surface area contributed by atoms with Crippen LogP contribution in [-0.4, -0.2) is 41.7 Å². The molecule has 1 N–H and O–H groups in total. The number of pyridine rings is 1. The minimum absolute atomic E-state index is 0.465. The molecule has 2 heterocycles. The Morgan fingerprint density at radius 2 is 2.29 bits per heavy atom. The Bertz CT molecular complexity index is 449. The smallest absolute Gasteiger partial charge is 0.126 e. The summed E-state index contributed by atoms with van der Waals surface area (Å²) >= 11 is 0. The zero-order chi connectivity index (χ0) is 14.5. The Morgan fingerprint density at radius 3 is 3.19 bits per heavy atom. The van der Waals surface area contributed by atoms with Crippen LogP contribution in [0.5, 0.6) is 0 Å². The molecule has 0 bridgehead atoms. The van der Waals surface area contributed by atoms with E-state index >= 15 is 0 Å². The molecule has 2 aliphatic rings. The van der Waals surface area contributed by atoms with Crippen LogP contribution in [0.4, 0.5) is 5.82 Å². The SMILES string of the molecule is CCCNc1cc(CN2CCOC3CCCCC32)ccn1. The summed E-state index contributed by atoms with van der Waals surface area (Å²) in [5, 5.41) is 3.37. The van der Waals surface area contributed by atoms with Crippen LogP contribution in [0.1, 0.15) is 44.6 Å². The van der Waals surface area contributed by atoms with Gasteiger partial charge in [0.15, 0.2) is 0 Å². The molecule has 0 spiro atoms. The molecule has 4 heteroatoms. The van der Waals surface area contributed by atoms with Gasteiger partial charge in [-0.25, -0.2) is 4.98 Å². The van der Waals surface area contributed by atoms with Gasteiger partial charge in [-0.1, -0.05) is 19.8 Å². The standard InChI is InChI=1S/C17H27N3O/c1-2-8-18-17-12-14(7-9-19-17)13-20-10-11-21-16-6-4-3-5-15(16)20/h7,9,12,15-16H,2-6,8,10-11,13H2,1H3,(H,18,19). The van der Waals surface area contributed by atoms with E-state index in [1.54, 1.807) is 0 Å². The van der Waals surface area contributed by atoms with Crippen molar-refractivity contribution < 1.29 is 4.74 Å². The van der Waals surface area contributed by atoms with E-state index in [2.05, 4.69) is 34.3 Å². The van der Waals surface area contributed by atoms with Crippen molar-refractivity contribution in [2.75, 3.05) is 25.0 Å². The second-order valence-corrected chi connectivity index (χ2v) is 6.21. The molecule has 1 saturated carbocycles. The largest absolute Gasteiger partial charge is 0.375 e. The first-order valence-electron chi connectivity index (χ1n) is 8.41. The lowest BCUT2D eigenvalue weighted by atomic mass is 9.90. The highest BCUT2D eigenvalue weighted by atomic mass is 16.5. The predicted octanol–water partition coefficient (Wildman–Crippen LogP) is 3.05. The van der Waals surface area contributed by atoms with Crippen LogP contribution < -0.4 is 5.32 Å². The van der Waals surface area contributed by atoms with E-state index in [0.717, 1.165) is 38.5 Å². The average molecular weight is 289 g/mol. The Labute approximate surface area is 127 Å². The number of morpholine rings is 1. The lowest BCUT2D eigenvalue weighted by Gasteiger charge is -2.43. The first-order valence-corrected chi connectivity index (χ1v) is 8.41. The van der Waals surface area contributed by atoms with E-state index in [-0.39, 0.29) is 0 Å². The highest BCUT2D eigenvalue weighted by Gasteiger charge is 2.33. The van der Waals surface area contributed by atoms with Gasteiger partial charge in [0.05, 0.1) is 12.7 Å². The van der Waals surface area contributed by atoms with Gasteiger partial charge in [-0.05, 0) is 37.0 Å². The van der Waals surface area contributed by atoms with Crippen LogP contribution in [0.25, 0.3) is 0 Å². The molecule has 1 aliphatic carbocycles. The third kappa shape index (κ3) is 3.74. The van der Waals surface area contributed by atoms with E-state index in [1.165, 1.54) is 31.2 Å². The first-order chi connectivity index (χ1) is 10.4. The molecular formula is C17H27N3O. The number of anilines is 1. The Morgan fingerprint density at radius 1 is 1.38 bits per heavy atom. The minimum Gasteiger partial charge on any atom is -0.375 e. The maximum atomic E-state index is 5.96. The van der Waals surface area contributed by atoms with Gasteiger partial charge in [0.25, 0.3) is 0 Å². The van der Waals surface area contributed by atoms with Crippen molar-refractivity contribution in [2.45, 2.75) is 57.7 Å². The molecule has 3 rings (SSSR count). The molecule has 1 saturated heterocycles. The monoisotopic (exact) mass is 289 g/mol. The summed E-state index contributed by atoms with van der Waals surface area (Å²) < 4.78 is 5.96. The molecular weight excluding hydrogens is 262 g/mol. The van der Waals surface area contributed by atoms with Crippen molar-refractivity contribution in [1.29, 1.82) is 0 Å². The number of ether oxygens (including phenoxy) is 1. The molecule has 2 unspecified atom stereocenters. The number of hydrogen-bond acceptors (Lipinski definition) is 4. The van der Waals surface area contributed by atoms with Crippen molar-refractivity contribution in [3.63, 3.8) is 0 Å². The molecule has 1 aromatic heterocycles. The van der Waals surface area contributed by atoms with Crippen LogP contribution in [0.3, 0.4) is 0 Å². The molecule has 116 valence electrons. The van der Waals surface area contributed by atoms with Crippen LogP contribution in [0.15, 0.2) is 18.3 Å². The van der Waals surface area contributed by atoms with Crippen molar-refractivity contribution in [1.82, 2.24) is 9.88 Å². The number of aromatic nitrogens is 1. The summed E-state index contributed by atoms with van der Waals surface area (Å²) in [5.41, 5.74) is 1.36. The molecule has 0 aromatic carbocycles. The van der Waals surface area contributed by atoms with Gasteiger partial charge in [0.2, 0.25) is 0 Å². The van der Waals surface area contributed by atoms with Crippen LogP contribution in [-0.2, 0) is 11.3 Å². The summed E-state index contributed by atoms with van der Waals surface area (Å²) in [6, 6.07) is 4.96. The Kier molecular flexibility index (Phi) is 5.09. The number of nitrogens with zero attached hydrogens (tertiary/aromatic N) is 2. The van der Waals surface area contributed by atoms with Crippen molar-refractivity contribution in [3.05, 3.63) is 23.9 Å². The van der Waals surface area contributed by atoms with Crippen molar-refractivity contribution in [3.8, 4) is 0 Å². The fourth-order valence-corrected chi connectivity index (χ4v) is 3.53. The molecule has 21 heavy (non-hydrogen) atoms. The third-order valence-electron chi connectivity index (χ3n) is 4.61. The summed E-state index contributed by atoms with van der Waals surface area (Å²) in [6.45, 7) is 6.12. The summed E-state index contributed by atoms with van der Waals surface area (Å²) in [7, 11) is 0. The van der Waals surface area contributed by atoms with Crippen LogP contribution in [0, 0.1) is 0 Å². The van der Waals surface area contributed by atoms with Gasteiger partial charge in [-0.15, -0.1) is 0 Å². The summed E-state index contributed by atoms with van der Waals surface area (Å²) in [4.78, 5) is 7.01. The molecule has 2 atom stereocenters. The maximum Gasteiger partial charge on any atom is 0.126 e. The van der Waals surface area contributed by atoms with Gasteiger partial charge in [0.1, 0.15) is 5.82 Å². The zero-order valence-electron chi connectivity index (χ0n) is 13.1. The minimum atomic E-state index is 0.465. The van der Waals surface area contributed by atoms with Gasteiger partial charge in [-0.2, -0.15) is 0 Å². The predicted molar refractivity (Wildman–Crippen MR) is 85.4 cm³/mol. The summed E-state index contributed by atoms with van der Waals surface area (Å²) in [6.07, 6.45) is 8.71. The Hall–Kier alpha value is -1.13. The highest BCUT2D eigenvalue weighted by Crippen LogP contribution is 2.29. The zero-order valence-corrected chi connectivity index (χ0v) is 13.1. The van der Waals surface area contributed by atoms with Crippen LogP contribution in [0.2, 0.25) is 0 Å².